The average Bonchev–Trinajstić information content (AvgIpc) is 3.02. The summed E-state index contributed by atoms with van der Waals surface area (Å²) in [5.74, 6) is 0.893. The Bertz CT molecular complexity index is 613. The molecule has 2 amide bonds. The second-order valence-corrected chi connectivity index (χ2v) is 8.15. The summed E-state index contributed by atoms with van der Waals surface area (Å²) in [6.07, 6.45) is 5.02. The van der Waals surface area contributed by atoms with E-state index in [9.17, 15) is 9.59 Å². The number of carbonyl (C=O) groups excluding carboxylic acids is 2. The van der Waals surface area contributed by atoms with Gasteiger partial charge in [-0.05, 0) is 56.8 Å². The predicted molar refractivity (Wildman–Crippen MR) is 96.3 cm³/mol. The molecule has 1 atom stereocenters. The lowest BCUT2D eigenvalue weighted by atomic mass is 9.93. The SMILES string of the molecule is CNC(=O)c1cc2c(s1)CCN(C(=O)CC[C@@H]1CCCN(C)C1)C2. The fourth-order valence-electron chi connectivity index (χ4n) is 3.78. The van der Waals surface area contributed by atoms with E-state index in [1.807, 2.05) is 11.0 Å². The summed E-state index contributed by atoms with van der Waals surface area (Å²) >= 11 is 1.56. The van der Waals surface area contributed by atoms with Crippen LogP contribution in [-0.4, -0.2) is 55.3 Å². The Morgan fingerprint density at radius 1 is 1.38 bits per heavy atom. The van der Waals surface area contributed by atoms with Crippen LogP contribution in [0, 0.1) is 5.92 Å². The molecule has 132 valence electrons. The topological polar surface area (TPSA) is 52.7 Å². The molecule has 1 saturated heterocycles. The van der Waals surface area contributed by atoms with Gasteiger partial charge in [0.2, 0.25) is 5.91 Å². The van der Waals surface area contributed by atoms with Crippen molar-refractivity contribution in [3.05, 3.63) is 21.4 Å². The van der Waals surface area contributed by atoms with E-state index < -0.39 is 0 Å². The van der Waals surface area contributed by atoms with Gasteiger partial charge < -0.3 is 15.1 Å². The molecule has 2 aliphatic heterocycles. The van der Waals surface area contributed by atoms with E-state index in [1.54, 1.807) is 18.4 Å². The standard InChI is InChI=1S/C18H27N3O2S/c1-19-18(23)16-10-14-12-21(9-7-15(14)24-16)17(22)6-5-13-4-3-8-20(2)11-13/h10,13H,3-9,11-12H2,1-2H3,(H,19,23)/t13-/m0/s1. The van der Waals surface area contributed by atoms with Gasteiger partial charge in [-0.1, -0.05) is 0 Å². The highest BCUT2D eigenvalue weighted by molar-refractivity contribution is 7.14. The largest absolute Gasteiger partial charge is 0.354 e. The van der Waals surface area contributed by atoms with Gasteiger partial charge in [0, 0.05) is 38.0 Å². The van der Waals surface area contributed by atoms with Crippen molar-refractivity contribution in [2.45, 2.75) is 38.6 Å². The first-order valence-electron chi connectivity index (χ1n) is 8.86. The number of carbonyl (C=O) groups is 2. The molecule has 2 aliphatic rings. The van der Waals surface area contributed by atoms with Gasteiger partial charge in [0.25, 0.3) is 5.91 Å². The molecule has 24 heavy (non-hydrogen) atoms. The van der Waals surface area contributed by atoms with Crippen LogP contribution in [0.25, 0.3) is 0 Å². The molecule has 0 aliphatic carbocycles. The number of thiophene rings is 1. The molecular formula is C18H27N3O2S. The summed E-state index contributed by atoms with van der Waals surface area (Å²) in [6.45, 7) is 3.75. The van der Waals surface area contributed by atoms with Crippen molar-refractivity contribution in [1.29, 1.82) is 0 Å². The Kier molecular flexibility index (Phi) is 5.56. The first-order chi connectivity index (χ1) is 11.6. The number of nitrogens with one attached hydrogen (secondary N) is 1. The highest BCUT2D eigenvalue weighted by Gasteiger charge is 2.25. The maximum absolute atomic E-state index is 12.6. The van der Waals surface area contributed by atoms with Gasteiger partial charge in [0.15, 0.2) is 0 Å². The Balaban J connectivity index is 1.53. The van der Waals surface area contributed by atoms with E-state index in [4.69, 9.17) is 0 Å². The zero-order valence-electron chi connectivity index (χ0n) is 14.6. The molecule has 0 bridgehead atoms. The van der Waals surface area contributed by atoms with Gasteiger partial charge in [-0.25, -0.2) is 0 Å². The van der Waals surface area contributed by atoms with Crippen LogP contribution in [-0.2, 0) is 17.8 Å². The second-order valence-electron chi connectivity index (χ2n) is 7.01. The average molecular weight is 350 g/mol. The summed E-state index contributed by atoms with van der Waals surface area (Å²) in [6, 6.07) is 1.95. The van der Waals surface area contributed by atoms with Crippen LogP contribution in [0.2, 0.25) is 0 Å². The van der Waals surface area contributed by atoms with Crippen molar-refractivity contribution < 1.29 is 9.59 Å². The number of nitrogens with zero attached hydrogens (tertiary/aromatic N) is 2. The molecule has 1 fully saturated rings. The van der Waals surface area contributed by atoms with E-state index >= 15 is 0 Å². The predicted octanol–water partition coefficient (Wildman–Crippen LogP) is 2.11. The van der Waals surface area contributed by atoms with Gasteiger partial charge in [0.05, 0.1) is 4.88 Å². The number of piperidine rings is 1. The monoisotopic (exact) mass is 349 g/mol. The Hall–Kier alpha value is -1.40. The van der Waals surface area contributed by atoms with Crippen LogP contribution in [0.1, 0.15) is 45.8 Å². The minimum Gasteiger partial charge on any atom is -0.354 e. The number of hydrogen-bond acceptors (Lipinski definition) is 4. The first kappa shape index (κ1) is 17.4. The summed E-state index contributed by atoms with van der Waals surface area (Å²) in [5.41, 5.74) is 1.15. The number of amides is 2. The minimum atomic E-state index is -0.0336. The molecule has 0 saturated carbocycles. The van der Waals surface area contributed by atoms with Crippen LogP contribution in [0.5, 0.6) is 0 Å². The van der Waals surface area contributed by atoms with Crippen molar-refractivity contribution in [2.75, 3.05) is 33.7 Å². The van der Waals surface area contributed by atoms with E-state index in [-0.39, 0.29) is 11.8 Å². The summed E-state index contributed by atoms with van der Waals surface area (Å²) in [7, 11) is 3.82. The number of likely N-dealkylation sites (tertiary alicyclic amines) is 1. The highest BCUT2D eigenvalue weighted by Crippen LogP contribution is 2.29. The van der Waals surface area contributed by atoms with Crippen LogP contribution < -0.4 is 5.32 Å². The fraction of sp³-hybridized carbons (Fsp3) is 0.667. The molecule has 5 nitrogen and oxygen atoms in total. The molecule has 3 heterocycles. The number of fused-ring (bicyclic) bond motifs is 1. The lowest BCUT2D eigenvalue weighted by molar-refractivity contribution is -0.132. The van der Waals surface area contributed by atoms with Crippen LogP contribution in [0.15, 0.2) is 6.07 Å². The molecular weight excluding hydrogens is 322 g/mol. The van der Waals surface area contributed by atoms with Gasteiger partial charge in [0.1, 0.15) is 0 Å². The quantitative estimate of drug-likeness (QED) is 0.906. The van der Waals surface area contributed by atoms with Crippen LogP contribution in [0.4, 0.5) is 0 Å². The van der Waals surface area contributed by atoms with E-state index in [2.05, 4.69) is 17.3 Å². The zero-order chi connectivity index (χ0) is 17.1. The van der Waals surface area contributed by atoms with Crippen LogP contribution in [0.3, 0.4) is 0 Å². The third-order valence-electron chi connectivity index (χ3n) is 5.16. The normalized spacial score (nSPS) is 21.4. The minimum absolute atomic E-state index is 0.0336. The van der Waals surface area contributed by atoms with Crippen molar-refractivity contribution in [2.24, 2.45) is 5.92 Å². The Morgan fingerprint density at radius 3 is 2.96 bits per heavy atom. The molecule has 1 N–H and O–H groups in total. The van der Waals surface area contributed by atoms with Gasteiger partial charge in [-0.15, -0.1) is 11.3 Å². The third-order valence-corrected chi connectivity index (χ3v) is 6.39. The molecule has 0 radical (unpaired) electrons. The highest BCUT2D eigenvalue weighted by atomic mass is 32.1. The Morgan fingerprint density at radius 2 is 2.21 bits per heavy atom. The van der Waals surface area contributed by atoms with E-state index in [0.717, 1.165) is 36.4 Å². The summed E-state index contributed by atoms with van der Waals surface area (Å²) in [4.78, 5) is 30.7. The maximum Gasteiger partial charge on any atom is 0.261 e. The molecule has 0 spiro atoms. The third kappa shape index (κ3) is 3.98. The van der Waals surface area contributed by atoms with Crippen molar-refractivity contribution in [1.82, 2.24) is 15.1 Å². The summed E-state index contributed by atoms with van der Waals surface area (Å²) < 4.78 is 0. The fourth-order valence-corrected chi connectivity index (χ4v) is 4.88. The second kappa shape index (κ2) is 7.66. The van der Waals surface area contributed by atoms with E-state index in [1.165, 1.54) is 24.3 Å². The van der Waals surface area contributed by atoms with Gasteiger partial charge >= 0.3 is 0 Å². The van der Waals surface area contributed by atoms with Crippen molar-refractivity contribution in [3.63, 3.8) is 0 Å². The molecule has 1 aromatic rings. The molecule has 0 aromatic carbocycles. The molecule has 3 rings (SSSR count). The van der Waals surface area contributed by atoms with Crippen LogP contribution >= 0.6 is 11.3 Å². The van der Waals surface area contributed by atoms with E-state index in [0.29, 0.717) is 18.9 Å². The smallest absolute Gasteiger partial charge is 0.261 e. The number of rotatable bonds is 4. The summed E-state index contributed by atoms with van der Waals surface area (Å²) in [5, 5.41) is 2.67. The maximum atomic E-state index is 12.6. The van der Waals surface area contributed by atoms with Crippen molar-refractivity contribution in [3.8, 4) is 0 Å². The lowest BCUT2D eigenvalue weighted by Crippen LogP contribution is -2.36. The van der Waals surface area contributed by atoms with Gasteiger partial charge in [-0.3, -0.25) is 9.59 Å². The molecule has 1 aromatic heterocycles. The number of hydrogen-bond donors (Lipinski definition) is 1. The van der Waals surface area contributed by atoms with Crippen molar-refractivity contribution >= 4 is 23.2 Å². The Labute approximate surface area is 148 Å². The molecule has 6 heteroatoms. The lowest BCUT2D eigenvalue weighted by Gasteiger charge is -2.31. The first-order valence-corrected chi connectivity index (χ1v) is 9.68. The molecule has 0 unspecified atom stereocenters. The zero-order valence-corrected chi connectivity index (χ0v) is 15.5. The van der Waals surface area contributed by atoms with Gasteiger partial charge in [-0.2, -0.15) is 0 Å².